The summed E-state index contributed by atoms with van der Waals surface area (Å²) in [6, 6.07) is 0. The molecule has 0 amide bonds. The molecule has 1 aromatic heterocycles. The van der Waals surface area contributed by atoms with Gasteiger partial charge >= 0.3 is 0 Å². The third-order valence-electron chi connectivity index (χ3n) is 1.86. The average Bonchev–Trinajstić information content (AvgIpc) is 2.28. The Balaban J connectivity index is 2.03. The fraction of sp³-hybridized carbons (Fsp3) is 0.600. The molecule has 0 saturated carbocycles. The first-order valence-electron chi connectivity index (χ1n) is 5.21. The average molecular weight is 226 g/mol. The largest absolute Gasteiger partial charge is 0.382 e. The maximum absolute atomic E-state index is 5.49. The number of aromatic nitrogens is 2. The molecular weight excluding hydrogens is 208 g/mol. The zero-order chi connectivity index (χ0) is 11.6. The predicted molar refractivity (Wildman–Crippen MR) is 62.2 cm³/mol. The highest BCUT2D eigenvalue weighted by atomic mass is 16.5. The van der Waals surface area contributed by atoms with Gasteiger partial charge in [-0.1, -0.05) is 0 Å². The van der Waals surface area contributed by atoms with Crippen molar-refractivity contribution >= 4 is 11.6 Å². The molecule has 0 saturated heterocycles. The van der Waals surface area contributed by atoms with Crippen LogP contribution in [0.2, 0.25) is 0 Å². The maximum atomic E-state index is 5.49. The number of ether oxygens (including phenoxy) is 2. The van der Waals surface area contributed by atoms with Crippen molar-refractivity contribution < 1.29 is 9.47 Å². The molecule has 16 heavy (non-hydrogen) atoms. The number of hydrogen-bond acceptors (Lipinski definition) is 6. The van der Waals surface area contributed by atoms with Crippen LogP contribution >= 0.6 is 0 Å². The summed E-state index contributed by atoms with van der Waals surface area (Å²) in [5.41, 5.74) is 5.49. The van der Waals surface area contributed by atoms with E-state index in [9.17, 15) is 0 Å². The summed E-state index contributed by atoms with van der Waals surface area (Å²) < 4.78 is 10.2. The van der Waals surface area contributed by atoms with Gasteiger partial charge in [0.1, 0.15) is 11.6 Å². The molecule has 1 heterocycles. The molecule has 0 fully saturated rings. The highest BCUT2D eigenvalue weighted by Gasteiger charge is 1.94. The molecular formula is C10H18N4O2. The molecule has 0 radical (unpaired) electrons. The van der Waals surface area contributed by atoms with E-state index in [4.69, 9.17) is 15.2 Å². The summed E-state index contributed by atoms with van der Waals surface area (Å²) in [5, 5.41) is 3.11. The molecule has 1 aromatic rings. The molecule has 90 valence electrons. The Labute approximate surface area is 95.2 Å². The Kier molecular flexibility index (Phi) is 6.20. The molecule has 0 atom stereocenters. The van der Waals surface area contributed by atoms with Gasteiger partial charge in [-0.05, 0) is 6.42 Å². The number of hydrogen-bond donors (Lipinski definition) is 2. The van der Waals surface area contributed by atoms with Crippen molar-refractivity contribution in [2.75, 3.05) is 44.5 Å². The SMILES string of the molecule is COCCOCCCNc1cncc(N)n1. The summed E-state index contributed by atoms with van der Waals surface area (Å²) >= 11 is 0. The van der Waals surface area contributed by atoms with Crippen LogP contribution in [0, 0.1) is 0 Å². The summed E-state index contributed by atoms with van der Waals surface area (Å²) in [7, 11) is 1.66. The van der Waals surface area contributed by atoms with Gasteiger partial charge < -0.3 is 20.5 Å². The van der Waals surface area contributed by atoms with Crippen LogP contribution in [0.1, 0.15) is 6.42 Å². The summed E-state index contributed by atoms with van der Waals surface area (Å²) in [4.78, 5) is 7.99. The zero-order valence-electron chi connectivity index (χ0n) is 9.48. The van der Waals surface area contributed by atoms with Crippen molar-refractivity contribution in [3.05, 3.63) is 12.4 Å². The van der Waals surface area contributed by atoms with Gasteiger partial charge in [-0.2, -0.15) is 0 Å². The normalized spacial score (nSPS) is 10.3. The number of nitrogens with two attached hydrogens (primary N) is 1. The second-order valence-electron chi connectivity index (χ2n) is 3.21. The number of anilines is 2. The fourth-order valence-electron chi connectivity index (χ4n) is 1.10. The molecule has 1 rings (SSSR count). The summed E-state index contributed by atoms with van der Waals surface area (Å²) in [5.74, 6) is 1.11. The van der Waals surface area contributed by atoms with Crippen molar-refractivity contribution in [2.24, 2.45) is 0 Å². The number of methoxy groups -OCH3 is 1. The third-order valence-corrected chi connectivity index (χ3v) is 1.86. The van der Waals surface area contributed by atoms with E-state index in [0.717, 1.165) is 13.0 Å². The minimum Gasteiger partial charge on any atom is -0.382 e. The molecule has 0 aliphatic heterocycles. The third kappa shape index (κ3) is 5.47. The van der Waals surface area contributed by atoms with Gasteiger partial charge in [0.15, 0.2) is 0 Å². The number of nitrogen functional groups attached to an aromatic ring is 1. The molecule has 0 aliphatic rings. The molecule has 6 heteroatoms. The van der Waals surface area contributed by atoms with E-state index in [1.165, 1.54) is 6.20 Å². The van der Waals surface area contributed by atoms with Crippen LogP contribution in [0.3, 0.4) is 0 Å². The van der Waals surface area contributed by atoms with Crippen LogP contribution in [0.5, 0.6) is 0 Å². The van der Waals surface area contributed by atoms with Crippen LogP contribution in [0.25, 0.3) is 0 Å². The molecule has 3 N–H and O–H groups in total. The Morgan fingerprint density at radius 1 is 1.31 bits per heavy atom. The second kappa shape index (κ2) is 7.84. The van der Waals surface area contributed by atoms with Crippen LogP contribution in [0.15, 0.2) is 12.4 Å². The van der Waals surface area contributed by atoms with E-state index in [1.54, 1.807) is 13.3 Å². The van der Waals surface area contributed by atoms with Crippen LogP contribution in [-0.2, 0) is 9.47 Å². The minimum atomic E-state index is 0.418. The second-order valence-corrected chi connectivity index (χ2v) is 3.21. The van der Waals surface area contributed by atoms with Gasteiger partial charge in [0.05, 0.1) is 25.6 Å². The lowest BCUT2D eigenvalue weighted by Gasteiger charge is -2.06. The van der Waals surface area contributed by atoms with Crippen molar-refractivity contribution in [2.45, 2.75) is 6.42 Å². The van der Waals surface area contributed by atoms with E-state index in [2.05, 4.69) is 15.3 Å². The fourth-order valence-corrected chi connectivity index (χ4v) is 1.10. The summed E-state index contributed by atoms with van der Waals surface area (Å²) in [6.45, 7) is 2.75. The first-order chi connectivity index (χ1) is 7.83. The molecule has 0 unspecified atom stereocenters. The van der Waals surface area contributed by atoms with Crippen LogP contribution in [-0.4, -0.2) is 43.4 Å². The topological polar surface area (TPSA) is 82.3 Å². The Bertz CT molecular complexity index is 296. The van der Waals surface area contributed by atoms with Crippen molar-refractivity contribution in [1.29, 1.82) is 0 Å². The number of nitrogens with one attached hydrogen (secondary N) is 1. The van der Waals surface area contributed by atoms with Gasteiger partial charge in [0.2, 0.25) is 0 Å². The van der Waals surface area contributed by atoms with E-state index >= 15 is 0 Å². The standard InChI is InChI=1S/C10H18N4O2/c1-15-5-6-16-4-2-3-13-10-8-12-7-9(11)14-10/h7-8H,2-6H2,1H3,(H3,11,13,14). The zero-order valence-corrected chi connectivity index (χ0v) is 9.48. The van der Waals surface area contributed by atoms with Crippen molar-refractivity contribution in [1.82, 2.24) is 9.97 Å². The van der Waals surface area contributed by atoms with E-state index in [0.29, 0.717) is 31.5 Å². The van der Waals surface area contributed by atoms with Gasteiger partial charge in [-0.3, -0.25) is 4.98 Å². The van der Waals surface area contributed by atoms with Crippen LogP contribution in [0.4, 0.5) is 11.6 Å². The molecule has 0 bridgehead atoms. The first kappa shape index (κ1) is 12.7. The lowest BCUT2D eigenvalue weighted by molar-refractivity contribution is 0.0705. The Hall–Kier alpha value is -1.40. The molecule has 6 nitrogen and oxygen atoms in total. The van der Waals surface area contributed by atoms with E-state index < -0.39 is 0 Å². The molecule has 0 aliphatic carbocycles. The monoisotopic (exact) mass is 226 g/mol. The van der Waals surface area contributed by atoms with Gasteiger partial charge in [-0.15, -0.1) is 0 Å². The Morgan fingerprint density at radius 3 is 2.94 bits per heavy atom. The highest BCUT2D eigenvalue weighted by molar-refractivity contribution is 5.37. The lowest BCUT2D eigenvalue weighted by atomic mass is 10.4. The van der Waals surface area contributed by atoms with Crippen LogP contribution < -0.4 is 11.1 Å². The van der Waals surface area contributed by atoms with E-state index in [-0.39, 0.29) is 0 Å². The minimum absolute atomic E-state index is 0.418. The molecule has 0 aromatic carbocycles. The van der Waals surface area contributed by atoms with Crippen molar-refractivity contribution in [3.63, 3.8) is 0 Å². The number of rotatable bonds is 8. The predicted octanol–water partition coefficient (Wildman–Crippen LogP) is 0.524. The van der Waals surface area contributed by atoms with Gasteiger partial charge in [0.25, 0.3) is 0 Å². The highest BCUT2D eigenvalue weighted by Crippen LogP contribution is 2.02. The summed E-state index contributed by atoms with van der Waals surface area (Å²) in [6.07, 6.45) is 4.06. The van der Waals surface area contributed by atoms with E-state index in [1.807, 2.05) is 0 Å². The quantitative estimate of drug-likeness (QED) is 0.629. The Morgan fingerprint density at radius 2 is 2.19 bits per heavy atom. The number of nitrogens with zero attached hydrogens (tertiary/aromatic N) is 2. The maximum Gasteiger partial charge on any atom is 0.146 e. The first-order valence-corrected chi connectivity index (χ1v) is 5.21. The van der Waals surface area contributed by atoms with Gasteiger partial charge in [0, 0.05) is 20.3 Å². The van der Waals surface area contributed by atoms with Gasteiger partial charge in [-0.25, -0.2) is 4.98 Å². The smallest absolute Gasteiger partial charge is 0.146 e. The van der Waals surface area contributed by atoms with Crippen molar-refractivity contribution in [3.8, 4) is 0 Å². The lowest BCUT2D eigenvalue weighted by Crippen LogP contribution is -2.09. The molecule has 0 spiro atoms.